The van der Waals surface area contributed by atoms with Gasteiger partial charge in [-0.1, -0.05) is 6.92 Å². The zero-order valence-corrected chi connectivity index (χ0v) is 11.4. The van der Waals surface area contributed by atoms with Crippen molar-refractivity contribution in [1.29, 1.82) is 0 Å². The van der Waals surface area contributed by atoms with E-state index < -0.39 is 0 Å². The predicted octanol–water partition coefficient (Wildman–Crippen LogP) is 1.00. The molecule has 0 aromatic carbocycles. The molecule has 1 aromatic heterocycles. The van der Waals surface area contributed by atoms with Crippen molar-refractivity contribution >= 4 is 36.6 Å². The molecule has 0 bridgehead atoms. The van der Waals surface area contributed by atoms with Crippen LogP contribution >= 0.6 is 24.8 Å². The third-order valence-electron chi connectivity index (χ3n) is 2.69. The lowest BCUT2D eigenvalue weighted by molar-refractivity contribution is 0.751. The van der Waals surface area contributed by atoms with Gasteiger partial charge in [0.15, 0.2) is 0 Å². The van der Waals surface area contributed by atoms with E-state index in [1.54, 1.807) is 0 Å². The summed E-state index contributed by atoms with van der Waals surface area (Å²) in [5.74, 6) is 1.26. The second-order valence-electron chi connectivity index (χ2n) is 3.92. The van der Waals surface area contributed by atoms with Gasteiger partial charge in [0.1, 0.15) is 5.82 Å². The van der Waals surface area contributed by atoms with Crippen molar-refractivity contribution in [3.8, 4) is 0 Å². The number of anilines is 2. The van der Waals surface area contributed by atoms with Crippen molar-refractivity contribution in [2.45, 2.75) is 25.8 Å². The predicted molar refractivity (Wildman–Crippen MR) is 75.1 cm³/mol. The van der Waals surface area contributed by atoms with Gasteiger partial charge in [0, 0.05) is 30.9 Å². The molecule has 17 heavy (non-hydrogen) atoms. The van der Waals surface area contributed by atoms with E-state index in [0.717, 1.165) is 37.4 Å². The van der Waals surface area contributed by atoms with Crippen LogP contribution in [0.3, 0.4) is 0 Å². The quantitative estimate of drug-likeness (QED) is 0.844. The number of aromatic nitrogens is 2. The zero-order valence-electron chi connectivity index (χ0n) is 9.80. The Morgan fingerprint density at radius 3 is 2.65 bits per heavy atom. The maximum absolute atomic E-state index is 5.85. The molecule has 1 fully saturated rings. The first-order chi connectivity index (χ1) is 7.19. The lowest BCUT2D eigenvalue weighted by atomic mass is 10.3. The number of rotatable bonds is 2. The van der Waals surface area contributed by atoms with Crippen LogP contribution in [-0.2, 0) is 6.42 Å². The molecule has 2 heterocycles. The van der Waals surface area contributed by atoms with E-state index in [9.17, 15) is 0 Å². The molecule has 1 atom stereocenters. The Hall–Kier alpha value is -0.780. The van der Waals surface area contributed by atoms with Crippen LogP contribution in [0.5, 0.6) is 0 Å². The maximum atomic E-state index is 5.85. The molecule has 0 amide bonds. The smallest absolute Gasteiger partial charge is 0.222 e. The fraction of sp³-hybridized carbons (Fsp3) is 0.600. The lowest BCUT2D eigenvalue weighted by Gasteiger charge is -2.17. The largest absolute Gasteiger partial charge is 0.368 e. The minimum atomic E-state index is 0. The summed E-state index contributed by atoms with van der Waals surface area (Å²) >= 11 is 0. The molecular formula is C10H19Cl2N5. The van der Waals surface area contributed by atoms with Crippen LogP contribution < -0.4 is 16.4 Å². The molecule has 0 saturated carbocycles. The topological polar surface area (TPSA) is 81.1 Å². The number of halogens is 2. The molecule has 98 valence electrons. The zero-order chi connectivity index (χ0) is 10.8. The Labute approximate surface area is 114 Å². The second-order valence-corrected chi connectivity index (χ2v) is 3.92. The summed E-state index contributed by atoms with van der Waals surface area (Å²) in [6.07, 6.45) is 1.89. The minimum absolute atomic E-state index is 0. The summed E-state index contributed by atoms with van der Waals surface area (Å²) in [4.78, 5) is 10.6. The van der Waals surface area contributed by atoms with Crippen molar-refractivity contribution in [1.82, 2.24) is 9.97 Å². The molecular weight excluding hydrogens is 261 g/mol. The molecule has 5 nitrogen and oxygen atoms in total. The Balaban J connectivity index is 0.00000128. The van der Waals surface area contributed by atoms with Crippen molar-refractivity contribution in [2.75, 3.05) is 23.7 Å². The summed E-state index contributed by atoms with van der Waals surface area (Å²) in [5.41, 5.74) is 12.5. The number of nitrogens with two attached hydrogens (primary N) is 2. The van der Waals surface area contributed by atoms with E-state index in [0.29, 0.717) is 5.95 Å². The minimum Gasteiger partial charge on any atom is -0.368 e. The third-order valence-corrected chi connectivity index (χ3v) is 2.69. The van der Waals surface area contributed by atoms with E-state index in [-0.39, 0.29) is 30.9 Å². The van der Waals surface area contributed by atoms with E-state index in [1.165, 1.54) is 0 Å². The van der Waals surface area contributed by atoms with Crippen LogP contribution in [0.25, 0.3) is 0 Å². The monoisotopic (exact) mass is 279 g/mol. The van der Waals surface area contributed by atoms with Gasteiger partial charge in [-0.05, 0) is 12.8 Å². The molecule has 0 aliphatic carbocycles. The summed E-state index contributed by atoms with van der Waals surface area (Å²) in [6.45, 7) is 3.88. The van der Waals surface area contributed by atoms with E-state index in [1.807, 2.05) is 6.07 Å². The Morgan fingerprint density at radius 2 is 2.12 bits per heavy atom. The molecule has 0 spiro atoms. The summed E-state index contributed by atoms with van der Waals surface area (Å²) in [5, 5.41) is 0. The van der Waals surface area contributed by atoms with Crippen LogP contribution in [0.2, 0.25) is 0 Å². The van der Waals surface area contributed by atoms with Crippen LogP contribution in [-0.4, -0.2) is 29.1 Å². The lowest BCUT2D eigenvalue weighted by Crippen LogP contribution is -2.27. The first kappa shape index (κ1) is 16.2. The molecule has 4 N–H and O–H groups in total. The number of hydrogen-bond acceptors (Lipinski definition) is 5. The van der Waals surface area contributed by atoms with Crippen molar-refractivity contribution in [3.05, 3.63) is 11.8 Å². The highest BCUT2D eigenvalue weighted by molar-refractivity contribution is 5.85. The van der Waals surface area contributed by atoms with Crippen LogP contribution in [0.1, 0.15) is 19.0 Å². The fourth-order valence-electron chi connectivity index (χ4n) is 1.84. The van der Waals surface area contributed by atoms with Gasteiger partial charge in [-0.2, -0.15) is 4.98 Å². The molecule has 1 aromatic rings. The SMILES string of the molecule is CCc1cc(N2CCC(N)C2)nc(N)n1.Cl.Cl. The number of hydrogen-bond donors (Lipinski definition) is 2. The summed E-state index contributed by atoms with van der Waals surface area (Å²) < 4.78 is 0. The summed E-state index contributed by atoms with van der Waals surface area (Å²) in [7, 11) is 0. The Kier molecular flexibility index (Phi) is 6.52. The van der Waals surface area contributed by atoms with Crippen molar-refractivity contribution in [3.63, 3.8) is 0 Å². The van der Waals surface area contributed by atoms with Gasteiger partial charge >= 0.3 is 0 Å². The normalized spacial score (nSPS) is 18.5. The van der Waals surface area contributed by atoms with Gasteiger partial charge in [-0.15, -0.1) is 24.8 Å². The standard InChI is InChI=1S/C10H17N5.2ClH/c1-2-8-5-9(14-10(12)13-8)15-4-3-7(11)6-15;;/h5,7H,2-4,6,11H2,1H3,(H2,12,13,14);2*1H. The van der Waals surface area contributed by atoms with Gasteiger partial charge in [0.25, 0.3) is 0 Å². The number of nitrogens with zero attached hydrogens (tertiary/aromatic N) is 3. The molecule has 7 heteroatoms. The molecule has 1 saturated heterocycles. The molecule has 1 aliphatic rings. The fourth-order valence-corrected chi connectivity index (χ4v) is 1.84. The highest BCUT2D eigenvalue weighted by atomic mass is 35.5. The number of aryl methyl sites for hydroxylation is 1. The van der Waals surface area contributed by atoms with Crippen LogP contribution in [0.15, 0.2) is 6.07 Å². The first-order valence-corrected chi connectivity index (χ1v) is 5.33. The maximum Gasteiger partial charge on any atom is 0.222 e. The molecule has 2 rings (SSSR count). The highest BCUT2D eigenvalue weighted by Gasteiger charge is 2.20. The molecule has 1 unspecified atom stereocenters. The number of nitrogen functional groups attached to an aromatic ring is 1. The second kappa shape index (κ2) is 6.83. The Bertz CT molecular complexity index is 361. The average Bonchev–Trinajstić information content (AvgIpc) is 2.64. The molecule has 0 radical (unpaired) electrons. The van der Waals surface area contributed by atoms with E-state index in [4.69, 9.17) is 11.5 Å². The van der Waals surface area contributed by atoms with Crippen molar-refractivity contribution < 1.29 is 0 Å². The van der Waals surface area contributed by atoms with E-state index >= 15 is 0 Å². The van der Waals surface area contributed by atoms with Gasteiger partial charge in [0.2, 0.25) is 5.95 Å². The van der Waals surface area contributed by atoms with Gasteiger partial charge < -0.3 is 16.4 Å². The first-order valence-electron chi connectivity index (χ1n) is 5.33. The van der Waals surface area contributed by atoms with Crippen molar-refractivity contribution in [2.24, 2.45) is 5.73 Å². The van der Waals surface area contributed by atoms with Gasteiger partial charge in [-0.25, -0.2) is 4.98 Å². The van der Waals surface area contributed by atoms with Gasteiger partial charge in [-0.3, -0.25) is 0 Å². The average molecular weight is 280 g/mol. The highest BCUT2D eigenvalue weighted by Crippen LogP contribution is 2.19. The Morgan fingerprint density at radius 1 is 1.41 bits per heavy atom. The van der Waals surface area contributed by atoms with Gasteiger partial charge in [0.05, 0.1) is 0 Å². The third kappa shape index (κ3) is 3.87. The molecule has 1 aliphatic heterocycles. The van der Waals surface area contributed by atoms with E-state index in [2.05, 4.69) is 21.8 Å². The summed E-state index contributed by atoms with van der Waals surface area (Å²) in [6, 6.07) is 2.25. The van der Waals surface area contributed by atoms with Crippen LogP contribution in [0, 0.1) is 0 Å². The van der Waals surface area contributed by atoms with Crippen LogP contribution in [0.4, 0.5) is 11.8 Å².